The normalized spacial score (nSPS) is 18.7. The summed E-state index contributed by atoms with van der Waals surface area (Å²) in [4.78, 5) is 26.3. The van der Waals surface area contributed by atoms with Crippen LogP contribution in [0.25, 0.3) is 0 Å². The minimum Gasteiger partial charge on any atom is -0.493 e. The molecule has 0 aromatic heterocycles. The molecule has 0 spiro atoms. The Morgan fingerprint density at radius 1 is 1.21 bits per heavy atom. The first kappa shape index (κ1) is 18.1. The van der Waals surface area contributed by atoms with Crippen molar-refractivity contribution < 1.29 is 19.1 Å². The molecule has 1 aliphatic rings. The van der Waals surface area contributed by atoms with E-state index in [1.807, 2.05) is 19.9 Å². The van der Waals surface area contributed by atoms with Crippen LogP contribution in [0.4, 0.5) is 0 Å². The highest BCUT2D eigenvalue weighted by Gasteiger charge is 2.29. The highest BCUT2D eigenvalue weighted by Crippen LogP contribution is 2.29. The fraction of sp³-hybridized carbons (Fsp3) is 0.556. The molecule has 24 heavy (non-hydrogen) atoms. The Labute approximate surface area is 143 Å². The second-order valence-electron chi connectivity index (χ2n) is 6.15. The van der Waals surface area contributed by atoms with E-state index in [0.717, 1.165) is 24.8 Å². The van der Waals surface area contributed by atoms with Crippen molar-refractivity contribution in [1.82, 2.24) is 10.2 Å². The largest absolute Gasteiger partial charge is 0.493 e. The maximum absolute atomic E-state index is 12.4. The van der Waals surface area contributed by atoms with E-state index in [9.17, 15) is 9.59 Å². The van der Waals surface area contributed by atoms with Gasteiger partial charge in [-0.3, -0.25) is 9.59 Å². The third kappa shape index (κ3) is 3.99. The second kappa shape index (κ2) is 8.04. The summed E-state index contributed by atoms with van der Waals surface area (Å²) in [7, 11) is 3.13. The molecule has 2 amide bonds. The Morgan fingerprint density at radius 3 is 2.54 bits per heavy atom. The third-order valence-electron chi connectivity index (χ3n) is 4.51. The molecule has 0 radical (unpaired) electrons. The van der Waals surface area contributed by atoms with Crippen LogP contribution in [0.2, 0.25) is 0 Å². The van der Waals surface area contributed by atoms with Gasteiger partial charge in [0.05, 0.1) is 20.3 Å². The van der Waals surface area contributed by atoms with Crippen molar-refractivity contribution in [2.24, 2.45) is 0 Å². The standard InChI is InChI=1S/C18H26N2O4/c1-12-7-5-6-10-20(12)18(22)17(21)19-13(2)14-8-9-15(23-3)16(11-14)24-4/h8-9,11-13H,5-7,10H2,1-4H3,(H,19,21). The van der Waals surface area contributed by atoms with Crippen molar-refractivity contribution in [3.8, 4) is 11.5 Å². The third-order valence-corrected chi connectivity index (χ3v) is 4.51. The van der Waals surface area contributed by atoms with Crippen molar-refractivity contribution in [1.29, 1.82) is 0 Å². The van der Waals surface area contributed by atoms with E-state index in [4.69, 9.17) is 9.47 Å². The molecule has 1 heterocycles. The topological polar surface area (TPSA) is 67.9 Å². The van der Waals surface area contributed by atoms with Crippen LogP contribution in [0, 0.1) is 0 Å². The smallest absolute Gasteiger partial charge is 0.312 e. The molecule has 1 aromatic rings. The van der Waals surface area contributed by atoms with E-state index >= 15 is 0 Å². The number of nitrogens with one attached hydrogen (secondary N) is 1. The van der Waals surface area contributed by atoms with Crippen LogP contribution in [0.3, 0.4) is 0 Å². The summed E-state index contributed by atoms with van der Waals surface area (Å²) in [6, 6.07) is 5.25. The number of ether oxygens (including phenoxy) is 2. The van der Waals surface area contributed by atoms with Gasteiger partial charge in [-0.25, -0.2) is 0 Å². The number of amides is 2. The highest BCUT2D eigenvalue weighted by molar-refractivity contribution is 6.35. The van der Waals surface area contributed by atoms with Gasteiger partial charge in [-0.1, -0.05) is 6.07 Å². The zero-order chi connectivity index (χ0) is 17.7. The first-order chi connectivity index (χ1) is 11.5. The van der Waals surface area contributed by atoms with Crippen LogP contribution >= 0.6 is 0 Å². The number of likely N-dealkylation sites (tertiary alicyclic amines) is 1. The minimum atomic E-state index is -0.564. The molecule has 0 aliphatic carbocycles. The van der Waals surface area contributed by atoms with Crippen LogP contribution in [-0.2, 0) is 9.59 Å². The predicted octanol–water partition coefficient (Wildman–Crippen LogP) is 2.28. The molecule has 1 aromatic carbocycles. The van der Waals surface area contributed by atoms with Gasteiger partial charge in [0.2, 0.25) is 0 Å². The van der Waals surface area contributed by atoms with Crippen LogP contribution in [0.15, 0.2) is 18.2 Å². The number of hydrogen-bond acceptors (Lipinski definition) is 4. The lowest BCUT2D eigenvalue weighted by Crippen LogP contribution is -2.49. The summed E-state index contributed by atoms with van der Waals surface area (Å²) in [6.45, 7) is 4.48. The van der Waals surface area contributed by atoms with E-state index in [1.54, 1.807) is 31.3 Å². The molecule has 6 heteroatoms. The SMILES string of the molecule is COc1ccc(C(C)NC(=O)C(=O)N2CCCCC2C)cc1OC. The molecular formula is C18H26N2O4. The lowest BCUT2D eigenvalue weighted by Gasteiger charge is -2.33. The summed E-state index contributed by atoms with van der Waals surface area (Å²) in [6.07, 6.45) is 3.01. The lowest BCUT2D eigenvalue weighted by atomic mass is 10.0. The van der Waals surface area contributed by atoms with E-state index in [0.29, 0.717) is 18.0 Å². The molecule has 0 bridgehead atoms. The van der Waals surface area contributed by atoms with Gasteiger partial charge in [0.15, 0.2) is 11.5 Å². The average Bonchev–Trinajstić information content (AvgIpc) is 2.60. The summed E-state index contributed by atoms with van der Waals surface area (Å²) in [5.74, 6) is 0.200. The van der Waals surface area contributed by atoms with Gasteiger partial charge in [0.25, 0.3) is 0 Å². The van der Waals surface area contributed by atoms with Gasteiger partial charge in [0, 0.05) is 12.6 Å². The van der Waals surface area contributed by atoms with Crippen LogP contribution < -0.4 is 14.8 Å². The maximum atomic E-state index is 12.4. The van der Waals surface area contributed by atoms with Crippen molar-refractivity contribution in [2.75, 3.05) is 20.8 Å². The molecule has 1 aliphatic heterocycles. The number of carbonyl (C=O) groups excluding carboxylic acids is 2. The molecule has 2 unspecified atom stereocenters. The van der Waals surface area contributed by atoms with Gasteiger partial charge >= 0.3 is 11.8 Å². The fourth-order valence-corrected chi connectivity index (χ4v) is 2.99. The van der Waals surface area contributed by atoms with Gasteiger partial charge in [-0.05, 0) is 50.8 Å². The lowest BCUT2D eigenvalue weighted by molar-refractivity contribution is -0.148. The molecule has 2 rings (SSSR count). The summed E-state index contributed by atoms with van der Waals surface area (Å²) in [5.41, 5.74) is 0.848. The highest BCUT2D eigenvalue weighted by atomic mass is 16.5. The zero-order valence-electron chi connectivity index (χ0n) is 14.8. The fourth-order valence-electron chi connectivity index (χ4n) is 2.99. The molecule has 2 atom stereocenters. The first-order valence-electron chi connectivity index (χ1n) is 8.31. The average molecular weight is 334 g/mol. The van der Waals surface area contributed by atoms with E-state index in [-0.39, 0.29) is 12.1 Å². The van der Waals surface area contributed by atoms with Crippen LogP contribution in [0.1, 0.15) is 44.7 Å². The predicted molar refractivity (Wildman–Crippen MR) is 91.1 cm³/mol. The number of nitrogens with zero attached hydrogens (tertiary/aromatic N) is 1. The Hall–Kier alpha value is -2.24. The number of methoxy groups -OCH3 is 2. The monoisotopic (exact) mass is 334 g/mol. The Balaban J connectivity index is 2.04. The van der Waals surface area contributed by atoms with E-state index in [2.05, 4.69) is 5.32 Å². The van der Waals surface area contributed by atoms with E-state index < -0.39 is 11.8 Å². The van der Waals surface area contributed by atoms with Gasteiger partial charge in [-0.2, -0.15) is 0 Å². The van der Waals surface area contributed by atoms with Crippen LogP contribution in [0.5, 0.6) is 11.5 Å². The number of piperidine rings is 1. The van der Waals surface area contributed by atoms with Crippen molar-refractivity contribution in [3.63, 3.8) is 0 Å². The Bertz CT molecular complexity index is 603. The molecule has 1 fully saturated rings. The van der Waals surface area contributed by atoms with Crippen molar-refractivity contribution in [2.45, 2.75) is 45.2 Å². The second-order valence-corrected chi connectivity index (χ2v) is 6.15. The first-order valence-corrected chi connectivity index (χ1v) is 8.31. The van der Waals surface area contributed by atoms with Gasteiger partial charge in [-0.15, -0.1) is 0 Å². The summed E-state index contributed by atoms with van der Waals surface area (Å²) < 4.78 is 10.5. The number of benzene rings is 1. The molecule has 0 saturated carbocycles. The molecule has 132 valence electrons. The minimum absolute atomic E-state index is 0.119. The van der Waals surface area contributed by atoms with Crippen molar-refractivity contribution >= 4 is 11.8 Å². The summed E-state index contributed by atoms with van der Waals surface area (Å²) >= 11 is 0. The molecular weight excluding hydrogens is 308 g/mol. The number of hydrogen-bond donors (Lipinski definition) is 1. The van der Waals surface area contributed by atoms with E-state index in [1.165, 1.54) is 0 Å². The number of rotatable bonds is 4. The Morgan fingerprint density at radius 2 is 1.92 bits per heavy atom. The maximum Gasteiger partial charge on any atom is 0.312 e. The van der Waals surface area contributed by atoms with Gasteiger partial charge < -0.3 is 19.7 Å². The quantitative estimate of drug-likeness (QED) is 0.858. The van der Waals surface area contributed by atoms with Crippen molar-refractivity contribution in [3.05, 3.63) is 23.8 Å². The Kier molecular flexibility index (Phi) is 6.06. The molecule has 1 N–H and O–H groups in total. The molecule has 6 nitrogen and oxygen atoms in total. The summed E-state index contributed by atoms with van der Waals surface area (Å²) in [5, 5.41) is 2.78. The number of carbonyl (C=O) groups is 2. The van der Waals surface area contributed by atoms with Crippen LogP contribution in [-0.4, -0.2) is 43.5 Å². The van der Waals surface area contributed by atoms with Gasteiger partial charge in [0.1, 0.15) is 0 Å². The molecule has 1 saturated heterocycles. The zero-order valence-corrected chi connectivity index (χ0v) is 14.8.